The summed E-state index contributed by atoms with van der Waals surface area (Å²) in [5.74, 6) is -0.273. The van der Waals surface area contributed by atoms with E-state index in [1.807, 2.05) is 31.3 Å². The Balaban J connectivity index is 2.51. The van der Waals surface area contributed by atoms with E-state index in [1.54, 1.807) is 6.07 Å². The zero-order valence-corrected chi connectivity index (χ0v) is 9.29. The van der Waals surface area contributed by atoms with Crippen LogP contribution in [-0.4, -0.2) is 19.5 Å². The first-order chi connectivity index (χ1) is 7.76. The number of nitriles is 1. The van der Waals surface area contributed by atoms with Crippen LogP contribution in [0.2, 0.25) is 0 Å². The van der Waals surface area contributed by atoms with Crippen LogP contribution in [0.25, 0.3) is 0 Å². The predicted octanol–water partition coefficient (Wildman–Crippen LogP) is 1.30. The zero-order chi connectivity index (χ0) is 11.8. The number of amides is 1. The van der Waals surface area contributed by atoms with Crippen LogP contribution in [0.3, 0.4) is 0 Å². The lowest BCUT2D eigenvalue weighted by atomic mass is 10.1. The van der Waals surface area contributed by atoms with E-state index < -0.39 is 0 Å². The fourth-order valence-corrected chi connectivity index (χ4v) is 1.30. The normalized spacial score (nSPS) is 9.50. The molecule has 0 aliphatic carbocycles. The maximum atomic E-state index is 11.1. The van der Waals surface area contributed by atoms with Gasteiger partial charge in [0.05, 0.1) is 6.07 Å². The molecule has 0 saturated heterocycles. The molecule has 0 atom stereocenters. The van der Waals surface area contributed by atoms with Gasteiger partial charge in [-0.2, -0.15) is 5.26 Å². The molecule has 0 aromatic heterocycles. The SMILES string of the molecule is CNCCc1ccc(NC(=O)CC#N)cc1. The van der Waals surface area contributed by atoms with E-state index >= 15 is 0 Å². The number of benzene rings is 1. The third-order valence-electron chi connectivity index (χ3n) is 2.14. The molecular weight excluding hydrogens is 202 g/mol. The summed E-state index contributed by atoms with van der Waals surface area (Å²) in [6, 6.07) is 9.44. The maximum Gasteiger partial charge on any atom is 0.238 e. The molecule has 0 unspecified atom stereocenters. The summed E-state index contributed by atoms with van der Waals surface area (Å²) in [6.45, 7) is 0.931. The van der Waals surface area contributed by atoms with Gasteiger partial charge in [-0.05, 0) is 37.7 Å². The second-order valence-corrected chi connectivity index (χ2v) is 3.43. The molecule has 1 amide bonds. The van der Waals surface area contributed by atoms with Crippen molar-refractivity contribution in [2.75, 3.05) is 18.9 Å². The number of hydrogen-bond acceptors (Lipinski definition) is 3. The van der Waals surface area contributed by atoms with Crippen molar-refractivity contribution in [3.63, 3.8) is 0 Å². The van der Waals surface area contributed by atoms with Crippen molar-refractivity contribution in [1.82, 2.24) is 5.32 Å². The highest BCUT2D eigenvalue weighted by atomic mass is 16.1. The van der Waals surface area contributed by atoms with Gasteiger partial charge in [0.25, 0.3) is 0 Å². The lowest BCUT2D eigenvalue weighted by molar-refractivity contribution is -0.115. The Kier molecular flexibility index (Phi) is 5.03. The molecule has 0 spiro atoms. The summed E-state index contributed by atoms with van der Waals surface area (Å²) in [4.78, 5) is 11.1. The Morgan fingerprint density at radius 1 is 1.38 bits per heavy atom. The Bertz CT molecular complexity index is 378. The van der Waals surface area contributed by atoms with Crippen molar-refractivity contribution in [2.24, 2.45) is 0 Å². The molecular formula is C12H15N3O. The first kappa shape index (κ1) is 12.2. The van der Waals surface area contributed by atoms with E-state index in [4.69, 9.17) is 5.26 Å². The van der Waals surface area contributed by atoms with Gasteiger partial charge in [0, 0.05) is 5.69 Å². The largest absolute Gasteiger partial charge is 0.325 e. The summed E-state index contributed by atoms with van der Waals surface area (Å²) in [5, 5.41) is 14.1. The predicted molar refractivity (Wildman–Crippen MR) is 62.9 cm³/mol. The Hall–Kier alpha value is -1.86. The van der Waals surface area contributed by atoms with Gasteiger partial charge >= 0.3 is 0 Å². The molecule has 4 heteroatoms. The maximum absolute atomic E-state index is 11.1. The molecule has 0 aliphatic heterocycles. The van der Waals surface area contributed by atoms with Gasteiger partial charge in [0.2, 0.25) is 5.91 Å². The fraction of sp³-hybridized carbons (Fsp3) is 0.333. The van der Waals surface area contributed by atoms with E-state index in [0.29, 0.717) is 0 Å². The van der Waals surface area contributed by atoms with Crippen LogP contribution in [-0.2, 0) is 11.2 Å². The van der Waals surface area contributed by atoms with Crippen LogP contribution >= 0.6 is 0 Å². The zero-order valence-electron chi connectivity index (χ0n) is 9.29. The third kappa shape index (κ3) is 4.11. The van der Waals surface area contributed by atoms with Gasteiger partial charge in [-0.25, -0.2) is 0 Å². The monoisotopic (exact) mass is 217 g/mol. The minimum absolute atomic E-state index is 0.110. The number of carbonyl (C=O) groups excluding carboxylic acids is 1. The minimum Gasteiger partial charge on any atom is -0.325 e. The summed E-state index contributed by atoms with van der Waals surface area (Å²) in [6.07, 6.45) is 0.852. The van der Waals surface area contributed by atoms with E-state index in [2.05, 4.69) is 10.6 Å². The van der Waals surface area contributed by atoms with Crippen LogP contribution in [0.15, 0.2) is 24.3 Å². The molecule has 0 fully saturated rings. The van der Waals surface area contributed by atoms with Crippen LogP contribution in [0.1, 0.15) is 12.0 Å². The number of hydrogen-bond donors (Lipinski definition) is 2. The average molecular weight is 217 g/mol. The number of carbonyl (C=O) groups is 1. The van der Waals surface area contributed by atoms with Crippen LogP contribution < -0.4 is 10.6 Å². The number of nitrogens with one attached hydrogen (secondary N) is 2. The van der Waals surface area contributed by atoms with Crippen molar-refractivity contribution in [3.05, 3.63) is 29.8 Å². The molecule has 16 heavy (non-hydrogen) atoms. The van der Waals surface area contributed by atoms with Crippen molar-refractivity contribution in [1.29, 1.82) is 5.26 Å². The lowest BCUT2D eigenvalue weighted by Crippen LogP contribution is -2.11. The highest BCUT2D eigenvalue weighted by Gasteiger charge is 2.00. The topological polar surface area (TPSA) is 64.9 Å². The van der Waals surface area contributed by atoms with E-state index in [-0.39, 0.29) is 12.3 Å². The Morgan fingerprint density at radius 3 is 2.62 bits per heavy atom. The first-order valence-electron chi connectivity index (χ1n) is 5.16. The van der Waals surface area contributed by atoms with Crippen molar-refractivity contribution in [2.45, 2.75) is 12.8 Å². The molecule has 2 N–H and O–H groups in total. The molecule has 0 radical (unpaired) electrons. The molecule has 1 rings (SSSR count). The first-order valence-corrected chi connectivity index (χ1v) is 5.16. The summed E-state index contributed by atoms with van der Waals surface area (Å²) >= 11 is 0. The Labute approximate surface area is 95.3 Å². The van der Waals surface area contributed by atoms with E-state index in [1.165, 1.54) is 5.56 Å². The molecule has 0 aliphatic rings. The standard InChI is InChI=1S/C12H15N3O/c1-14-9-7-10-2-4-11(5-3-10)15-12(16)6-8-13/h2-5,14H,6-7,9H2,1H3,(H,15,16). The molecule has 0 bridgehead atoms. The third-order valence-corrected chi connectivity index (χ3v) is 2.14. The summed E-state index contributed by atoms with van der Waals surface area (Å²) < 4.78 is 0. The van der Waals surface area contributed by atoms with Crippen LogP contribution in [0.4, 0.5) is 5.69 Å². The highest BCUT2D eigenvalue weighted by Crippen LogP contribution is 2.10. The van der Waals surface area contributed by atoms with E-state index in [0.717, 1.165) is 18.7 Å². The quantitative estimate of drug-likeness (QED) is 0.781. The van der Waals surface area contributed by atoms with Gasteiger partial charge in [-0.15, -0.1) is 0 Å². The molecule has 0 heterocycles. The van der Waals surface area contributed by atoms with E-state index in [9.17, 15) is 4.79 Å². The highest BCUT2D eigenvalue weighted by molar-refractivity contribution is 5.91. The van der Waals surface area contributed by atoms with Gasteiger partial charge in [-0.1, -0.05) is 12.1 Å². The second-order valence-electron chi connectivity index (χ2n) is 3.43. The Morgan fingerprint density at radius 2 is 2.06 bits per heavy atom. The van der Waals surface area contributed by atoms with Crippen molar-refractivity contribution < 1.29 is 4.79 Å². The van der Waals surface area contributed by atoms with Gasteiger partial charge in [0.15, 0.2) is 0 Å². The molecule has 1 aromatic rings. The van der Waals surface area contributed by atoms with Crippen LogP contribution in [0.5, 0.6) is 0 Å². The average Bonchev–Trinajstić information content (AvgIpc) is 2.28. The summed E-state index contributed by atoms with van der Waals surface area (Å²) in [7, 11) is 1.91. The van der Waals surface area contributed by atoms with Gasteiger partial charge < -0.3 is 10.6 Å². The lowest BCUT2D eigenvalue weighted by Gasteiger charge is -2.04. The second kappa shape index (κ2) is 6.59. The molecule has 0 saturated carbocycles. The van der Waals surface area contributed by atoms with Gasteiger partial charge in [0.1, 0.15) is 6.42 Å². The van der Waals surface area contributed by atoms with Crippen LogP contribution in [0, 0.1) is 11.3 Å². The number of nitrogens with zero attached hydrogens (tertiary/aromatic N) is 1. The fourth-order valence-electron chi connectivity index (χ4n) is 1.30. The molecule has 1 aromatic carbocycles. The number of anilines is 1. The minimum atomic E-state index is -0.273. The number of likely N-dealkylation sites (N-methyl/N-ethyl adjacent to an activating group) is 1. The van der Waals surface area contributed by atoms with Crippen molar-refractivity contribution >= 4 is 11.6 Å². The van der Waals surface area contributed by atoms with Crippen molar-refractivity contribution in [3.8, 4) is 6.07 Å². The van der Waals surface area contributed by atoms with Gasteiger partial charge in [-0.3, -0.25) is 4.79 Å². The molecule has 4 nitrogen and oxygen atoms in total. The smallest absolute Gasteiger partial charge is 0.238 e. The summed E-state index contributed by atoms with van der Waals surface area (Å²) in [5.41, 5.74) is 1.95. The molecule has 84 valence electrons. The number of rotatable bonds is 5.